The third-order valence-corrected chi connectivity index (χ3v) is 5.78. The second kappa shape index (κ2) is 8.90. The number of rotatable bonds is 4. The number of nitrogens with one attached hydrogen (secondary N) is 1. The van der Waals surface area contributed by atoms with Crippen molar-refractivity contribution in [1.29, 1.82) is 0 Å². The van der Waals surface area contributed by atoms with Gasteiger partial charge < -0.3 is 14.8 Å². The minimum Gasteiger partial charge on any atom is -0.338 e. The van der Waals surface area contributed by atoms with Crippen LogP contribution in [-0.2, 0) is 11.3 Å². The number of fused-ring (bicyclic) bond motifs is 1. The van der Waals surface area contributed by atoms with Gasteiger partial charge in [0, 0.05) is 30.7 Å². The highest BCUT2D eigenvalue weighted by Crippen LogP contribution is 2.19. The minimum atomic E-state index is -0.461. The number of piperidine rings is 1. The van der Waals surface area contributed by atoms with Gasteiger partial charge in [0.05, 0.1) is 5.39 Å². The van der Waals surface area contributed by atoms with E-state index in [4.69, 9.17) is 0 Å². The lowest BCUT2D eigenvalue weighted by Crippen LogP contribution is -2.40. The van der Waals surface area contributed by atoms with E-state index >= 15 is 0 Å². The van der Waals surface area contributed by atoms with Crippen molar-refractivity contribution < 1.29 is 14.0 Å². The molecule has 166 valence electrons. The Balaban J connectivity index is 1.69. The second-order valence-electron chi connectivity index (χ2n) is 8.36. The van der Waals surface area contributed by atoms with Gasteiger partial charge in [-0.15, -0.1) is 0 Å². The van der Waals surface area contributed by atoms with E-state index in [0.717, 1.165) is 12.8 Å². The Labute approximate surface area is 184 Å². The molecule has 4 rings (SSSR count). The molecule has 0 radical (unpaired) electrons. The number of hydrogen-bond donors (Lipinski definition) is 1. The Hall–Kier alpha value is -3.55. The Bertz CT molecular complexity index is 1250. The van der Waals surface area contributed by atoms with Crippen LogP contribution in [0.15, 0.2) is 47.4 Å². The first-order valence-electron chi connectivity index (χ1n) is 10.7. The van der Waals surface area contributed by atoms with Gasteiger partial charge in [0.2, 0.25) is 11.3 Å². The van der Waals surface area contributed by atoms with Gasteiger partial charge in [-0.2, -0.15) is 0 Å². The predicted molar refractivity (Wildman–Crippen MR) is 120 cm³/mol. The van der Waals surface area contributed by atoms with Crippen molar-refractivity contribution in [3.63, 3.8) is 0 Å². The summed E-state index contributed by atoms with van der Waals surface area (Å²) in [5.41, 5.74) is 0.964. The summed E-state index contributed by atoms with van der Waals surface area (Å²) in [5, 5.41) is 2.92. The molecule has 1 aromatic carbocycles. The molecule has 8 heteroatoms. The molecule has 0 unspecified atom stereocenters. The smallest absolute Gasteiger partial charge is 0.259 e. The summed E-state index contributed by atoms with van der Waals surface area (Å²) in [4.78, 5) is 45.1. The fourth-order valence-electron chi connectivity index (χ4n) is 3.94. The lowest BCUT2D eigenvalue weighted by molar-refractivity contribution is -0.116. The van der Waals surface area contributed by atoms with Gasteiger partial charge >= 0.3 is 0 Å². The fraction of sp³-hybridized carbons (Fsp3) is 0.333. The van der Waals surface area contributed by atoms with Gasteiger partial charge in [-0.25, -0.2) is 9.37 Å². The number of anilines is 1. The Morgan fingerprint density at radius 2 is 1.94 bits per heavy atom. The molecule has 2 aromatic heterocycles. The van der Waals surface area contributed by atoms with Crippen molar-refractivity contribution in [2.75, 3.05) is 18.4 Å². The normalized spacial score (nSPS) is 14.5. The van der Waals surface area contributed by atoms with Crippen LogP contribution in [0, 0.1) is 18.7 Å². The summed E-state index contributed by atoms with van der Waals surface area (Å²) in [6.07, 6.45) is 3.21. The topological polar surface area (TPSA) is 84.3 Å². The quantitative estimate of drug-likeness (QED) is 0.680. The van der Waals surface area contributed by atoms with Crippen LogP contribution in [0.5, 0.6) is 0 Å². The molecule has 0 saturated carbocycles. The standard InChI is InChI=1S/C24H25FN4O3/c1-15-8-10-28(11-9-15)24(32)20-13-29(23-19(22(20)31)7-6-16(2)26-23)14-21(30)27-18-5-3-4-17(25)12-18/h3-7,12-13,15H,8-11,14H2,1-2H3,(H,27,30). The molecule has 1 saturated heterocycles. The van der Waals surface area contributed by atoms with Gasteiger partial charge in [-0.1, -0.05) is 13.0 Å². The molecule has 0 atom stereocenters. The van der Waals surface area contributed by atoms with E-state index in [1.807, 2.05) is 0 Å². The van der Waals surface area contributed by atoms with Gasteiger partial charge in [-0.05, 0) is 56.0 Å². The number of halogens is 1. The number of amides is 2. The lowest BCUT2D eigenvalue weighted by atomic mass is 9.98. The number of likely N-dealkylation sites (tertiary alicyclic amines) is 1. The molecular weight excluding hydrogens is 411 g/mol. The van der Waals surface area contributed by atoms with E-state index < -0.39 is 17.2 Å². The Kier molecular flexibility index (Phi) is 6.03. The summed E-state index contributed by atoms with van der Waals surface area (Å²) < 4.78 is 15.0. The zero-order valence-corrected chi connectivity index (χ0v) is 18.1. The van der Waals surface area contributed by atoms with Crippen molar-refractivity contribution >= 4 is 28.5 Å². The Morgan fingerprint density at radius 3 is 2.66 bits per heavy atom. The summed E-state index contributed by atoms with van der Waals surface area (Å²) in [6, 6.07) is 8.93. The van der Waals surface area contributed by atoms with Crippen molar-refractivity contribution in [1.82, 2.24) is 14.5 Å². The van der Waals surface area contributed by atoms with Crippen LogP contribution < -0.4 is 10.7 Å². The second-order valence-corrected chi connectivity index (χ2v) is 8.36. The van der Waals surface area contributed by atoms with Crippen LogP contribution in [-0.4, -0.2) is 39.4 Å². The summed E-state index contributed by atoms with van der Waals surface area (Å²) >= 11 is 0. The molecular formula is C24H25FN4O3. The van der Waals surface area contributed by atoms with Gasteiger partial charge in [-0.3, -0.25) is 14.4 Å². The molecule has 0 aliphatic carbocycles. The first kappa shape index (κ1) is 21.7. The van der Waals surface area contributed by atoms with Crippen molar-refractivity contribution in [2.24, 2.45) is 5.92 Å². The highest BCUT2D eigenvalue weighted by atomic mass is 19.1. The van der Waals surface area contributed by atoms with Gasteiger partial charge in [0.25, 0.3) is 5.91 Å². The summed E-state index contributed by atoms with van der Waals surface area (Å²) in [5.74, 6) is -0.665. The SMILES string of the molecule is Cc1ccc2c(=O)c(C(=O)N3CCC(C)CC3)cn(CC(=O)Nc3cccc(F)c3)c2n1. The number of nitrogens with zero attached hydrogens (tertiary/aromatic N) is 3. The number of aromatic nitrogens is 2. The van der Waals surface area contributed by atoms with Crippen LogP contribution >= 0.6 is 0 Å². The van der Waals surface area contributed by atoms with Crippen molar-refractivity contribution in [3.05, 3.63) is 69.9 Å². The zero-order valence-electron chi connectivity index (χ0n) is 18.1. The third-order valence-electron chi connectivity index (χ3n) is 5.78. The summed E-state index contributed by atoms with van der Waals surface area (Å²) in [6.45, 7) is 4.96. The van der Waals surface area contributed by atoms with Gasteiger partial charge in [0.1, 0.15) is 23.6 Å². The summed E-state index contributed by atoms with van der Waals surface area (Å²) in [7, 11) is 0. The number of carbonyl (C=O) groups is 2. The highest BCUT2D eigenvalue weighted by Gasteiger charge is 2.25. The maximum atomic E-state index is 13.4. The maximum absolute atomic E-state index is 13.4. The number of aryl methyl sites for hydroxylation is 1. The number of benzene rings is 1. The molecule has 1 aliphatic rings. The molecule has 1 N–H and O–H groups in total. The van der Waals surface area contributed by atoms with Crippen molar-refractivity contribution in [2.45, 2.75) is 33.2 Å². The molecule has 0 spiro atoms. The Morgan fingerprint density at radius 1 is 1.19 bits per heavy atom. The van der Waals surface area contributed by atoms with E-state index in [0.29, 0.717) is 36.0 Å². The molecule has 1 aliphatic heterocycles. The molecule has 3 aromatic rings. The lowest BCUT2D eigenvalue weighted by Gasteiger charge is -2.30. The van der Waals surface area contributed by atoms with Crippen LogP contribution in [0.1, 0.15) is 35.8 Å². The third kappa shape index (κ3) is 4.54. The fourth-order valence-corrected chi connectivity index (χ4v) is 3.94. The van der Waals surface area contributed by atoms with E-state index in [-0.39, 0.29) is 23.4 Å². The largest absolute Gasteiger partial charge is 0.338 e. The van der Waals surface area contributed by atoms with Crippen LogP contribution in [0.3, 0.4) is 0 Å². The van der Waals surface area contributed by atoms with Crippen LogP contribution in [0.4, 0.5) is 10.1 Å². The predicted octanol–water partition coefficient (Wildman–Crippen LogP) is 3.35. The molecule has 1 fully saturated rings. The highest BCUT2D eigenvalue weighted by molar-refractivity contribution is 5.97. The molecule has 3 heterocycles. The first-order valence-corrected chi connectivity index (χ1v) is 10.7. The monoisotopic (exact) mass is 436 g/mol. The average molecular weight is 436 g/mol. The number of hydrogen-bond acceptors (Lipinski definition) is 4. The molecule has 2 amide bonds. The molecule has 32 heavy (non-hydrogen) atoms. The van der Waals surface area contributed by atoms with Gasteiger partial charge in [0.15, 0.2) is 0 Å². The maximum Gasteiger partial charge on any atom is 0.259 e. The number of carbonyl (C=O) groups excluding carboxylic acids is 2. The zero-order chi connectivity index (χ0) is 22.8. The van der Waals surface area contributed by atoms with Crippen molar-refractivity contribution in [3.8, 4) is 0 Å². The van der Waals surface area contributed by atoms with E-state index in [1.54, 1.807) is 30.0 Å². The average Bonchev–Trinajstić information content (AvgIpc) is 2.75. The first-order chi connectivity index (χ1) is 15.3. The van der Waals surface area contributed by atoms with Crippen LogP contribution in [0.25, 0.3) is 11.0 Å². The molecule has 0 bridgehead atoms. The van der Waals surface area contributed by atoms with E-state index in [2.05, 4.69) is 17.2 Å². The number of pyridine rings is 2. The molecule has 7 nitrogen and oxygen atoms in total. The minimum absolute atomic E-state index is 0.0243. The van der Waals surface area contributed by atoms with E-state index in [1.165, 1.54) is 29.0 Å². The van der Waals surface area contributed by atoms with Crippen LogP contribution in [0.2, 0.25) is 0 Å². The van der Waals surface area contributed by atoms with E-state index in [9.17, 15) is 18.8 Å².